The molecule has 0 saturated carbocycles. The minimum Gasteiger partial charge on any atom is -0.497 e. The van der Waals surface area contributed by atoms with Crippen LogP contribution in [0.3, 0.4) is 0 Å². The van der Waals surface area contributed by atoms with Gasteiger partial charge in [-0.15, -0.1) is 0 Å². The minimum absolute atomic E-state index is 0.136. The zero-order chi connectivity index (χ0) is 19.4. The van der Waals surface area contributed by atoms with Gasteiger partial charge in [0.05, 0.1) is 18.4 Å². The number of hydrogen-bond acceptors (Lipinski definition) is 4. The fourth-order valence-corrected chi connectivity index (χ4v) is 2.60. The number of aromatic amines is 1. The second-order valence-electron chi connectivity index (χ2n) is 5.43. The highest BCUT2D eigenvalue weighted by Gasteiger charge is 2.15. The van der Waals surface area contributed by atoms with Gasteiger partial charge >= 0.3 is 0 Å². The Morgan fingerprint density at radius 1 is 1.07 bits per heavy atom. The number of methoxy groups -OCH3 is 1. The summed E-state index contributed by atoms with van der Waals surface area (Å²) in [6.07, 6.45) is 0. The van der Waals surface area contributed by atoms with E-state index in [-0.39, 0.29) is 11.3 Å². The molecule has 0 fully saturated rings. The molecule has 2 amide bonds. The summed E-state index contributed by atoms with van der Waals surface area (Å²) in [5, 5.41) is 6.66. The van der Waals surface area contributed by atoms with Gasteiger partial charge in [-0.1, -0.05) is 15.9 Å². The van der Waals surface area contributed by atoms with E-state index in [9.17, 15) is 14.0 Å². The van der Waals surface area contributed by atoms with Crippen LogP contribution in [-0.2, 0) is 0 Å². The fourth-order valence-electron chi connectivity index (χ4n) is 2.27. The van der Waals surface area contributed by atoms with E-state index in [1.165, 1.54) is 18.2 Å². The summed E-state index contributed by atoms with van der Waals surface area (Å²) < 4.78 is 19.4. The first kappa shape index (κ1) is 18.6. The van der Waals surface area contributed by atoms with Gasteiger partial charge in [-0.25, -0.2) is 4.39 Å². The largest absolute Gasteiger partial charge is 0.497 e. The van der Waals surface area contributed by atoms with Gasteiger partial charge < -0.3 is 4.74 Å². The molecule has 27 heavy (non-hydrogen) atoms. The number of benzene rings is 2. The number of carbonyl (C=O) groups excluding carboxylic acids is 2. The van der Waals surface area contributed by atoms with Crippen LogP contribution >= 0.6 is 15.9 Å². The van der Waals surface area contributed by atoms with Crippen LogP contribution in [0.5, 0.6) is 5.75 Å². The fraction of sp³-hybridized carbons (Fsp3) is 0.0556. The quantitative estimate of drug-likeness (QED) is 0.552. The Hall–Kier alpha value is -3.20. The first-order chi connectivity index (χ1) is 13.0. The summed E-state index contributed by atoms with van der Waals surface area (Å²) in [5.41, 5.74) is 5.65. The predicted molar refractivity (Wildman–Crippen MR) is 99.6 cm³/mol. The number of nitrogens with zero attached hydrogens (tertiary/aromatic N) is 1. The van der Waals surface area contributed by atoms with Gasteiger partial charge in [0, 0.05) is 10.0 Å². The van der Waals surface area contributed by atoms with Gasteiger partial charge in [0.25, 0.3) is 11.8 Å². The molecular weight excluding hydrogens is 419 g/mol. The molecule has 0 spiro atoms. The predicted octanol–water partition coefficient (Wildman–Crippen LogP) is 3.06. The lowest BCUT2D eigenvalue weighted by molar-refractivity contribution is 0.0841. The van der Waals surface area contributed by atoms with E-state index in [1.807, 2.05) is 0 Å². The van der Waals surface area contributed by atoms with Crippen molar-refractivity contribution < 1.29 is 18.7 Å². The van der Waals surface area contributed by atoms with Crippen molar-refractivity contribution in [1.29, 1.82) is 0 Å². The summed E-state index contributed by atoms with van der Waals surface area (Å²) in [6.45, 7) is 0. The van der Waals surface area contributed by atoms with Crippen LogP contribution in [-0.4, -0.2) is 29.1 Å². The Bertz CT molecular complexity index is 989. The highest BCUT2D eigenvalue weighted by Crippen LogP contribution is 2.21. The zero-order valence-electron chi connectivity index (χ0n) is 14.0. The molecule has 0 saturated heterocycles. The molecule has 0 aliphatic carbocycles. The van der Waals surface area contributed by atoms with Crippen LogP contribution in [0.4, 0.5) is 4.39 Å². The highest BCUT2D eigenvalue weighted by atomic mass is 79.9. The molecule has 7 nitrogen and oxygen atoms in total. The molecule has 0 bridgehead atoms. The maximum absolute atomic E-state index is 13.8. The first-order valence-corrected chi connectivity index (χ1v) is 8.53. The number of ether oxygens (including phenoxy) is 1. The number of nitrogens with one attached hydrogen (secondary N) is 3. The van der Waals surface area contributed by atoms with Crippen LogP contribution in [0.15, 0.2) is 53.0 Å². The highest BCUT2D eigenvalue weighted by molar-refractivity contribution is 9.10. The van der Waals surface area contributed by atoms with Crippen molar-refractivity contribution >= 4 is 27.7 Å². The maximum Gasteiger partial charge on any atom is 0.287 e. The van der Waals surface area contributed by atoms with Crippen molar-refractivity contribution in [3.63, 3.8) is 0 Å². The third-order valence-corrected chi connectivity index (χ3v) is 4.17. The van der Waals surface area contributed by atoms with Gasteiger partial charge in [0.1, 0.15) is 17.3 Å². The maximum atomic E-state index is 13.8. The number of carbonyl (C=O) groups is 2. The molecule has 3 rings (SSSR count). The average molecular weight is 433 g/mol. The van der Waals surface area contributed by atoms with E-state index in [4.69, 9.17) is 4.74 Å². The number of H-pyrrole nitrogens is 1. The number of rotatable bonds is 4. The number of amides is 2. The standard InChI is InChI=1S/C18H14BrFN4O3/c1-27-12-5-2-10(3-6-12)15-9-16(22-21-15)18(26)24-23-17(25)13-7-4-11(19)8-14(13)20/h2-9H,1H3,(H,21,22)(H,23,25)(H,24,26). The number of hydrazine groups is 1. The van der Waals surface area contributed by atoms with Gasteiger partial charge in [-0.2, -0.15) is 5.10 Å². The minimum atomic E-state index is -0.775. The Morgan fingerprint density at radius 2 is 1.78 bits per heavy atom. The van der Waals surface area contributed by atoms with Gasteiger partial charge in [-0.05, 0) is 48.5 Å². The monoisotopic (exact) mass is 432 g/mol. The molecule has 9 heteroatoms. The van der Waals surface area contributed by atoms with Crippen LogP contribution in [0, 0.1) is 5.82 Å². The Labute approximate surface area is 162 Å². The van der Waals surface area contributed by atoms with Crippen molar-refractivity contribution in [2.24, 2.45) is 0 Å². The molecule has 3 aromatic rings. The Balaban J connectivity index is 1.64. The van der Waals surface area contributed by atoms with E-state index in [2.05, 4.69) is 37.0 Å². The number of halogens is 2. The van der Waals surface area contributed by atoms with E-state index in [0.29, 0.717) is 15.9 Å². The van der Waals surface area contributed by atoms with Crippen molar-refractivity contribution in [3.8, 4) is 17.0 Å². The van der Waals surface area contributed by atoms with Crippen LogP contribution < -0.4 is 15.6 Å². The molecular formula is C18H14BrFN4O3. The summed E-state index contributed by atoms with van der Waals surface area (Å²) in [4.78, 5) is 24.1. The summed E-state index contributed by atoms with van der Waals surface area (Å²) in [7, 11) is 1.57. The second kappa shape index (κ2) is 8.00. The molecule has 0 unspecified atom stereocenters. The lowest BCUT2D eigenvalue weighted by Gasteiger charge is -2.07. The molecule has 0 atom stereocenters. The number of hydrogen-bond donors (Lipinski definition) is 3. The van der Waals surface area contributed by atoms with Crippen LogP contribution in [0.1, 0.15) is 20.8 Å². The summed E-state index contributed by atoms with van der Waals surface area (Å²) in [5.74, 6) is -1.40. The average Bonchev–Trinajstić information content (AvgIpc) is 3.16. The molecule has 1 aromatic heterocycles. The van der Waals surface area contributed by atoms with E-state index < -0.39 is 17.6 Å². The summed E-state index contributed by atoms with van der Waals surface area (Å²) in [6, 6.07) is 12.7. The van der Waals surface area contributed by atoms with Crippen molar-refractivity contribution in [3.05, 3.63) is 70.1 Å². The smallest absolute Gasteiger partial charge is 0.287 e. The van der Waals surface area contributed by atoms with Crippen LogP contribution in [0.25, 0.3) is 11.3 Å². The van der Waals surface area contributed by atoms with Crippen molar-refractivity contribution in [1.82, 2.24) is 21.0 Å². The van der Waals surface area contributed by atoms with E-state index >= 15 is 0 Å². The molecule has 1 heterocycles. The van der Waals surface area contributed by atoms with Gasteiger partial charge in [0.15, 0.2) is 0 Å². The molecule has 0 aliphatic heterocycles. The van der Waals surface area contributed by atoms with Crippen LogP contribution in [0.2, 0.25) is 0 Å². The van der Waals surface area contributed by atoms with Gasteiger partial charge in [-0.3, -0.25) is 25.5 Å². The molecule has 3 N–H and O–H groups in total. The third kappa shape index (κ3) is 4.32. The third-order valence-electron chi connectivity index (χ3n) is 3.67. The second-order valence-corrected chi connectivity index (χ2v) is 6.34. The number of aromatic nitrogens is 2. The van der Waals surface area contributed by atoms with E-state index in [0.717, 1.165) is 11.6 Å². The SMILES string of the molecule is COc1ccc(-c2cc(C(=O)NNC(=O)c3ccc(Br)cc3F)[nH]n2)cc1. The lowest BCUT2D eigenvalue weighted by Crippen LogP contribution is -2.42. The molecule has 0 aliphatic rings. The molecule has 2 aromatic carbocycles. The van der Waals surface area contributed by atoms with Crippen molar-refractivity contribution in [2.45, 2.75) is 0 Å². The van der Waals surface area contributed by atoms with Gasteiger partial charge in [0.2, 0.25) is 0 Å². The zero-order valence-corrected chi connectivity index (χ0v) is 15.6. The summed E-state index contributed by atoms with van der Waals surface area (Å²) >= 11 is 3.11. The molecule has 0 radical (unpaired) electrons. The first-order valence-electron chi connectivity index (χ1n) is 7.73. The van der Waals surface area contributed by atoms with Crippen molar-refractivity contribution in [2.75, 3.05) is 7.11 Å². The Kier molecular flexibility index (Phi) is 5.51. The Morgan fingerprint density at radius 3 is 2.44 bits per heavy atom. The molecule has 138 valence electrons. The lowest BCUT2D eigenvalue weighted by atomic mass is 10.1. The normalized spacial score (nSPS) is 10.3. The topological polar surface area (TPSA) is 96.1 Å². The van der Waals surface area contributed by atoms with E-state index in [1.54, 1.807) is 31.4 Å².